The van der Waals surface area contributed by atoms with Crippen LogP contribution in [0.4, 0.5) is 15.8 Å². The molecule has 0 radical (unpaired) electrons. The fourth-order valence-electron chi connectivity index (χ4n) is 2.99. The Hall–Kier alpha value is -2.20. The molecule has 1 heterocycles. The predicted octanol–water partition coefficient (Wildman–Crippen LogP) is 1.89. The molecule has 0 aromatic heterocycles. The second-order valence-electron chi connectivity index (χ2n) is 6.48. The van der Waals surface area contributed by atoms with E-state index in [0.29, 0.717) is 31.9 Å². The second-order valence-corrected chi connectivity index (χ2v) is 8.45. The van der Waals surface area contributed by atoms with Gasteiger partial charge in [-0.25, -0.2) is 17.9 Å². The minimum absolute atomic E-state index is 0.0418. The van der Waals surface area contributed by atoms with Crippen molar-refractivity contribution in [2.24, 2.45) is 5.14 Å². The van der Waals surface area contributed by atoms with Crippen molar-refractivity contribution in [3.8, 4) is 0 Å². The van der Waals surface area contributed by atoms with Crippen LogP contribution >= 0.6 is 11.6 Å². The van der Waals surface area contributed by atoms with Gasteiger partial charge in [-0.3, -0.25) is 9.69 Å². The highest BCUT2D eigenvalue weighted by molar-refractivity contribution is 7.89. The van der Waals surface area contributed by atoms with Crippen LogP contribution in [0.5, 0.6) is 0 Å². The summed E-state index contributed by atoms with van der Waals surface area (Å²) >= 11 is 5.72. The molecule has 7 nitrogen and oxygen atoms in total. The summed E-state index contributed by atoms with van der Waals surface area (Å²) in [6.45, 7) is 2.96. The number of carbonyl (C=O) groups excluding carboxylic acids is 1. The number of hydrogen-bond donors (Lipinski definition) is 2. The number of amides is 1. The standard InChI is InChI=1S/C18H20ClFN4O3S/c19-16-11-13(1-6-17(16)20)22-18(25)12-23-7-9-24(10-8-23)14-2-4-15(5-3-14)28(21,26)27/h1-6,11H,7-10,12H2,(H,22,25)(H2,21,26,27). The first-order chi connectivity index (χ1) is 13.2. The molecular formula is C18H20ClFN4O3S. The number of benzene rings is 2. The van der Waals surface area contributed by atoms with Crippen molar-refractivity contribution >= 4 is 38.9 Å². The Labute approximate surface area is 167 Å². The molecule has 2 aromatic carbocycles. The molecule has 0 bridgehead atoms. The zero-order valence-electron chi connectivity index (χ0n) is 14.9. The van der Waals surface area contributed by atoms with E-state index in [1.807, 2.05) is 4.90 Å². The summed E-state index contributed by atoms with van der Waals surface area (Å²) in [4.78, 5) is 16.4. The number of anilines is 2. The van der Waals surface area contributed by atoms with E-state index >= 15 is 0 Å². The Kier molecular flexibility index (Phi) is 6.19. The smallest absolute Gasteiger partial charge is 0.238 e. The van der Waals surface area contributed by atoms with Gasteiger partial charge in [0.1, 0.15) is 5.82 Å². The van der Waals surface area contributed by atoms with Gasteiger partial charge < -0.3 is 10.2 Å². The van der Waals surface area contributed by atoms with E-state index in [1.165, 1.54) is 30.3 Å². The summed E-state index contributed by atoms with van der Waals surface area (Å²) < 4.78 is 35.8. The average Bonchev–Trinajstić information content (AvgIpc) is 2.65. The summed E-state index contributed by atoms with van der Waals surface area (Å²) in [5.74, 6) is -0.735. The van der Waals surface area contributed by atoms with Crippen LogP contribution in [0, 0.1) is 5.82 Å². The maximum atomic E-state index is 13.2. The molecule has 1 fully saturated rings. The molecule has 2 aromatic rings. The number of nitrogens with two attached hydrogens (primary N) is 1. The van der Waals surface area contributed by atoms with Crippen LogP contribution in [0.3, 0.4) is 0 Å². The van der Waals surface area contributed by atoms with E-state index in [9.17, 15) is 17.6 Å². The molecule has 0 saturated carbocycles. The van der Waals surface area contributed by atoms with Crippen LogP contribution in [0.1, 0.15) is 0 Å². The van der Waals surface area contributed by atoms with E-state index < -0.39 is 15.8 Å². The SMILES string of the molecule is NS(=O)(=O)c1ccc(N2CCN(CC(=O)Nc3ccc(F)c(Cl)c3)CC2)cc1. The average molecular weight is 427 g/mol. The van der Waals surface area contributed by atoms with Crippen molar-refractivity contribution in [1.29, 1.82) is 0 Å². The normalized spacial score (nSPS) is 15.5. The Morgan fingerprint density at radius 2 is 1.75 bits per heavy atom. The minimum atomic E-state index is -3.70. The van der Waals surface area contributed by atoms with Crippen LogP contribution < -0.4 is 15.4 Å². The van der Waals surface area contributed by atoms with Crippen molar-refractivity contribution in [2.75, 3.05) is 42.9 Å². The molecule has 1 amide bonds. The molecular weight excluding hydrogens is 407 g/mol. The largest absolute Gasteiger partial charge is 0.369 e. The molecule has 3 rings (SSSR count). The number of halogens is 2. The van der Waals surface area contributed by atoms with Crippen LogP contribution in [0.25, 0.3) is 0 Å². The third-order valence-corrected chi connectivity index (χ3v) is 5.69. The summed E-state index contributed by atoms with van der Waals surface area (Å²) in [5, 5.41) is 7.77. The molecule has 0 unspecified atom stereocenters. The fraction of sp³-hybridized carbons (Fsp3) is 0.278. The number of hydrogen-bond acceptors (Lipinski definition) is 5. The highest BCUT2D eigenvalue weighted by Gasteiger charge is 2.20. The Morgan fingerprint density at radius 3 is 2.32 bits per heavy atom. The zero-order valence-corrected chi connectivity index (χ0v) is 16.5. The number of nitrogens with one attached hydrogen (secondary N) is 1. The van der Waals surface area contributed by atoms with E-state index in [1.54, 1.807) is 12.1 Å². The maximum absolute atomic E-state index is 13.2. The molecule has 0 spiro atoms. The molecule has 0 aliphatic carbocycles. The molecule has 1 aliphatic heterocycles. The fourth-order valence-corrected chi connectivity index (χ4v) is 3.68. The monoisotopic (exact) mass is 426 g/mol. The van der Waals surface area contributed by atoms with Gasteiger partial charge in [-0.2, -0.15) is 0 Å². The Balaban J connectivity index is 1.51. The van der Waals surface area contributed by atoms with Crippen molar-refractivity contribution in [2.45, 2.75) is 4.90 Å². The van der Waals surface area contributed by atoms with Gasteiger partial charge in [0.25, 0.3) is 0 Å². The van der Waals surface area contributed by atoms with E-state index in [2.05, 4.69) is 10.2 Å². The summed E-state index contributed by atoms with van der Waals surface area (Å²) in [7, 11) is -3.70. The Morgan fingerprint density at radius 1 is 1.11 bits per heavy atom. The number of piperazine rings is 1. The van der Waals surface area contributed by atoms with E-state index in [0.717, 1.165) is 5.69 Å². The number of rotatable bonds is 5. The van der Waals surface area contributed by atoms with E-state index in [-0.39, 0.29) is 22.4 Å². The molecule has 0 atom stereocenters. The van der Waals surface area contributed by atoms with Crippen LogP contribution in [-0.2, 0) is 14.8 Å². The zero-order chi connectivity index (χ0) is 20.3. The molecule has 10 heteroatoms. The number of primary sulfonamides is 1. The van der Waals surface area contributed by atoms with Gasteiger partial charge in [0.15, 0.2) is 0 Å². The highest BCUT2D eigenvalue weighted by Crippen LogP contribution is 2.20. The lowest BCUT2D eigenvalue weighted by molar-refractivity contribution is -0.117. The third kappa shape index (κ3) is 5.20. The van der Waals surface area contributed by atoms with E-state index in [4.69, 9.17) is 16.7 Å². The molecule has 28 heavy (non-hydrogen) atoms. The summed E-state index contributed by atoms with van der Waals surface area (Å²) in [6, 6.07) is 10.5. The summed E-state index contributed by atoms with van der Waals surface area (Å²) in [6.07, 6.45) is 0. The molecule has 1 saturated heterocycles. The molecule has 1 aliphatic rings. The molecule has 150 valence electrons. The van der Waals surface area contributed by atoms with Crippen LogP contribution in [0.2, 0.25) is 5.02 Å². The van der Waals surface area contributed by atoms with Gasteiger partial charge in [0.2, 0.25) is 15.9 Å². The molecule has 3 N–H and O–H groups in total. The van der Waals surface area contributed by atoms with Crippen molar-refractivity contribution < 1.29 is 17.6 Å². The lowest BCUT2D eigenvalue weighted by Crippen LogP contribution is -2.48. The van der Waals surface area contributed by atoms with Crippen molar-refractivity contribution in [3.63, 3.8) is 0 Å². The quantitative estimate of drug-likeness (QED) is 0.761. The lowest BCUT2D eigenvalue weighted by atomic mass is 10.2. The van der Waals surface area contributed by atoms with Gasteiger partial charge in [0, 0.05) is 37.6 Å². The second kappa shape index (κ2) is 8.44. The summed E-state index contributed by atoms with van der Waals surface area (Å²) in [5.41, 5.74) is 1.35. The lowest BCUT2D eigenvalue weighted by Gasteiger charge is -2.35. The number of nitrogens with zero attached hydrogens (tertiary/aromatic N) is 2. The number of sulfonamides is 1. The predicted molar refractivity (Wildman–Crippen MR) is 107 cm³/mol. The van der Waals surface area contributed by atoms with Crippen LogP contribution in [-0.4, -0.2) is 51.9 Å². The Bertz CT molecular complexity index is 961. The number of carbonyl (C=O) groups is 1. The minimum Gasteiger partial charge on any atom is -0.369 e. The first-order valence-corrected chi connectivity index (χ1v) is 10.5. The maximum Gasteiger partial charge on any atom is 0.238 e. The first-order valence-electron chi connectivity index (χ1n) is 8.57. The van der Waals surface area contributed by atoms with Crippen LogP contribution in [0.15, 0.2) is 47.4 Å². The van der Waals surface area contributed by atoms with Crippen molar-refractivity contribution in [3.05, 3.63) is 53.3 Å². The van der Waals surface area contributed by atoms with Gasteiger partial charge in [-0.05, 0) is 42.5 Å². The van der Waals surface area contributed by atoms with Crippen molar-refractivity contribution in [1.82, 2.24) is 4.90 Å². The van der Waals surface area contributed by atoms with Gasteiger partial charge in [0.05, 0.1) is 16.5 Å². The van der Waals surface area contributed by atoms with Gasteiger partial charge >= 0.3 is 0 Å². The van der Waals surface area contributed by atoms with Gasteiger partial charge in [-0.1, -0.05) is 11.6 Å². The topological polar surface area (TPSA) is 95.7 Å². The third-order valence-electron chi connectivity index (χ3n) is 4.47. The highest BCUT2D eigenvalue weighted by atomic mass is 35.5. The first kappa shape index (κ1) is 20.5. The van der Waals surface area contributed by atoms with Gasteiger partial charge in [-0.15, -0.1) is 0 Å².